The number of likely N-dealkylation sites (N-methyl/N-ethyl adjacent to an activating group) is 1. The normalized spacial score (nSPS) is 11.3. The van der Waals surface area contributed by atoms with E-state index in [1.54, 1.807) is 17.5 Å². The summed E-state index contributed by atoms with van der Waals surface area (Å²) in [6.45, 7) is 5.47. The van der Waals surface area contributed by atoms with Crippen LogP contribution in [0.2, 0.25) is 0 Å². The molecule has 6 nitrogen and oxygen atoms in total. The minimum atomic E-state index is 0.653. The molecule has 0 aliphatic rings. The number of thiophene rings is 1. The highest BCUT2D eigenvalue weighted by Crippen LogP contribution is 2.21. The van der Waals surface area contributed by atoms with E-state index in [9.17, 15) is 0 Å². The van der Waals surface area contributed by atoms with E-state index in [0.717, 1.165) is 24.5 Å². The van der Waals surface area contributed by atoms with Crippen LogP contribution >= 0.6 is 11.3 Å². The van der Waals surface area contributed by atoms with Crippen molar-refractivity contribution in [3.63, 3.8) is 0 Å². The highest BCUT2D eigenvalue weighted by molar-refractivity contribution is 7.13. The lowest BCUT2D eigenvalue weighted by Gasteiger charge is -2.17. The topological polar surface area (TPSA) is 60.0 Å². The summed E-state index contributed by atoms with van der Waals surface area (Å²) in [6, 6.07) is 5.91. The van der Waals surface area contributed by atoms with Crippen molar-refractivity contribution in [2.45, 2.75) is 20.0 Å². The van der Waals surface area contributed by atoms with Crippen molar-refractivity contribution < 1.29 is 4.52 Å². The van der Waals surface area contributed by atoms with Crippen molar-refractivity contribution in [1.82, 2.24) is 24.8 Å². The van der Waals surface area contributed by atoms with Gasteiger partial charge >= 0.3 is 0 Å². The maximum atomic E-state index is 5.34. The summed E-state index contributed by atoms with van der Waals surface area (Å²) in [7, 11) is 0. The predicted octanol–water partition coefficient (Wildman–Crippen LogP) is 2.52. The Balaban J connectivity index is 1.59. The van der Waals surface area contributed by atoms with Gasteiger partial charge in [-0.1, -0.05) is 18.1 Å². The average Bonchev–Trinajstić information content (AvgIpc) is 3.24. The van der Waals surface area contributed by atoms with E-state index in [1.165, 1.54) is 0 Å². The Morgan fingerprint density at radius 1 is 1.38 bits per heavy atom. The third-order valence-electron chi connectivity index (χ3n) is 3.22. The fourth-order valence-corrected chi connectivity index (χ4v) is 2.69. The maximum absolute atomic E-state index is 5.34. The molecule has 7 heteroatoms. The second kappa shape index (κ2) is 6.64. The Labute approximate surface area is 127 Å². The molecule has 0 bridgehead atoms. The maximum Gasteiger partial charge on any atom is 0.241 e. The van der Waals surface area contributed by atoms with Gasteiger partial charge < -0.3 is 4.52 Å². The van der Waals surface area contributed by atoms with E-state index >= 15 is 0 Å². The van der Waals surface area contributed by atoms with E-state index in [4.69, 9.17) is 4.52 Å². The Morgan fingerprint density at radius 3 is 3.05 bits per heavy atom. The minimum absolute atomic E-state index is 0.653. The Kier molecular flexibility index (Phi) is 4.42. The second-order valence-electron chi connectivity index (χ2n) is 4.63. The zero-order chi connectivity index (χ0) is 14.5. The molecule has 3 aromatic rings. The van der Waals surface area contributed by atoms with E-state index < -0.39 is 0 Å². The molecule has 0 radical (unpaired) electrons. The third-order valence-corrected chi connectivity index (χ3v) is 4.09. The van der Waals surface area contributed by atoms with Crippen molar-refractivity contribution in [1.29, 1.82) is 0 Å². The van der Waals surface area contributed by atoms with Crippen molar-refractivity contribution in [2.75, 3.05) is 13.1 Å². The minimum Gasteiger partial charge on any atom is -0.338 e. The van der Waals surface area contributed by atoms with Gasteiger partial charge in [-0.25, -0.2) is 0 Å². The van der Waals surface area contributed by atoms with E-state index in [0.29, 0.717) is 18.3 Å². The largest absolute Gasteiger partial charge is 0.338 e. The van der Waals surface area contributed by atoms with Crippen LogP contribution in [-0.2, 0) is 13.1 Å². The molecule has 0 amide bonds. The molecule has 0 N–H and O–H groups in total. The van der Waals surface area contributed by atoms with Crippen molar-refractivity contribution in [3.8, 4) is 10.7 Å². The van der Waals surface area contributed by atoms with Crippen LogP contribution in [0.15, 0.2) is 40.5 Å². The van der Waals surface area contributed by atoms with Crippen LogP contribution in [0.5, 0.6) is 0 Å². The molecular formula is C14H17N5OS. The van der Waals surface area contributed by atoms with Gasteiger partial charge in [0.2, 0.25) is 11.7 Å². The molecule has 3 aromatic heterocycles. The number of aromatic nitrogens is 4. The summed E-state index contributed by atoms with van der Waals surface area (Å²) in [5.41, 5.74) is 0. The van der Waals surface area contributed by atoms with Crippen LogP contribution in [-0.4, -0.2) is 37.9 Å². The van der Waals surface area contributed by atoms with Crippen LogP contribution in [0.25, 0.3) is 10.7 Å². The van der Waals surface area contributed by atoms with Gasteiger partial charge in [0.05, 0.1) is 18.0 Å². The highest BCUT2D eigenvalue weighted by Gasteiger charge is 2.12. The summed E-state index contributed by atoms with van der Waals surface area (Å²) in [6.07, 6.45) is 3.76. The van der Waals surface area contributed by atoms with Gasteiger partial charge in [-0.15, -0.1) is 11.3 Å². The molecule has 3 heterocycles. The number of hydrogen-bond donors (Lipinski definition) is 0. The van der Waals surface area contributed by atoms with Gasteiger partial charge in [-0.3, -0.25) is 9.58 Å². The van der Waals surface area contributed by atoms with Gasteiger partial charge in [0.25, 0.3) is 0 Å². The summed E-state index contributed by atoms with van der Waals surface area (Å²) in [4.78, 5) is 7.74. The lowest BCUT2D eigenvalue weighted by molar-refractivity contribution is 0.225. The van der Waals surface area contributed by atoms with Crippen LogP contribution < -0.4 is 0 Å². The third kappa shape index (κ3) is 3.56. The van der Waals surface area contributed by atoms with Crippen LogP contribution in [0.4, 0.5) is 0 Å². The van der Waals surface area contributed by atoms with Crippen LogP contribution in [0.1, 0.15) is 12.8 Å². The van der Waals surface area contributed by atoms with E-state index in [-0.39, 0.29) is 0 Å². The van der Waals surface area contributed by atoms with Gasteiger partial charge in [0.15, 0.2) is 0 Å². The molecule has 110 valence electrons. The van der Waals surface area contributed by atoms with Gasteiger partial charge in [-0.05, 0) is 24.1 Å². The lowest BCUT2D eigenvalue weighted by Crippen LogP contribution is -2.27. The molecule has 0 fully saturated rings. The smallest absolute Gasteiger partial charge is 0.241 e. The van der Waals surface area contributed by atoms with Crippen LogP contribution in [0, 0.1) is 0 Å². The fraction of sp³-hybridized carbons (Fsp3) is 0.357. The Bertz CT molecular complexity index is 647. The molecule has 0 aromatic carbocycles. The fourth-order valence-electron chi connectivity index (χ4n) is 2.04. The van der Waals surface area contributed by atoms with E-state index in [1.807, 2.05) is 34.5 Å². The van der Waals surface area contributed by atoms with E-state index in [2.05, 4.69) is 27.1 Å². The number of nitrogens with zero attached hydrogens (tertiary/aromatic N) is 5. The first-order valence-corrected chi connectivity index (χ1v) is 7.79. The molecule has 0 atom stereocenters. The van der Waals surface area contributed by atoms with Gasteiger partial charge in [0.1, 0.15) is 0 Å². The average molecular weight is 303 g/mol. The zero-order valence-electron chi connectivity index (χ0n) is 11.8. The molecule has 3 rings (SSSR count). The molecule has 0 aliphatic heterocycles. The molecule has 21 heavy (non-hydrogen) atoms. The summed E-state index contributed by atoms with van der Waals surface area (Å²) in [5, 5.41) is 10.3. The second-order valence-corrected chi connectivity index (χ2v) is 5.57. The first-order valence-electron chi connectivity index (χ1n) is 6.91. The summed E-state index contributed by atoms with van der Waals surface area (Å²) >= 11 is 1.61. The van der Waals surface area contributed by atoms with Gasteiger partial charge in [-0.2, -0.15) is 10.1 Å². The van der Waals surface area contributed by atoms with Crippen molar-refractivity contribution >= 4 is 11.3 Å². The molecule has 0 spiro atoms. The van der Waals surface area contributed by atoms with Gasteiger partial charge in [0, 0.05) is 18.9 Å². The predicted molar refractivity (Wildman–Crippen MR) is 80.8 cm³/mol. The molecule has 0 saturated carbocycles. The van der Waals surface area contributed by atoms with Crippen molar-refractivity contribution in [3.05, 3.63) is 41.9 Å². The SMILES string of the molecule is CCN(CCn1cccn1)Cc1nc(-c2cccs2)no1. The first kappa shape index (κ1) is 14.0. The summed E-state index contributed by atoms with van der Waals surface area (Å²) < 4.78 is 7.26. The Hall–Kier alpha value is -1.99. The quantitative estimate of drug-likeness (QED) is 0.671. The highest BCUT2D eigenvalue weighted by atomic mass is 32.1. The summed E-state index contributed by atoms with van der Waals surface area (Å²) in [5.74, 6) is 1.32. The molecule has 0 saturated heterocycles. The monoisotopic (exact) mass is 303 g/mol. The lowest BCUT2D eigenvalue weighted by atomic mass is 10.4. The molecular weight excluding hydrogens is 286 g/mol. The Morgan fingerprint density at radius 2 is 2.33 bits per heavy atom. The first-order chi connectivity index (χ1) is 10.3. The molecule has 0 aliphatic carbocycles. The number of hydrogen-bond acceptors (Lipinski definition) is 6. The van der Waals surface area contributed by atoms with Crippen molar-refractivity contribution in [2.24, 2.45) is 0 Å². The van der Waals surface area contributed by atoms with Crippen LogP contribution in [0.3, 0.4) is 0 Å². The number of rotatable bonds is 7. The molecule has 0 unspecified atom stereocenters. The zero-order valence-corrected chi connectivity index (χ0v) is 12.7. The standard InChI is InChI=1S/C14H17N5OS/c1-2-18(8-9-19-7-4-6-15-19)11-13-16-14(17-20-13)12-5-3-10-21-12/h3-7,10H,2,8-9,11H2,1H3.